The topological polar surface area (TPSA) is 29.5 Å². The molecule has 0 saturated carbocycles. The molecule has 0 unspecified atom stereocenters. The number of hydrogen-bond acceptors (Lipinski definition) is 2. The second kappa shape index (κ2) is 5.86. The zero-order valence-electron chi connectivity index (χ0n) is 8.93. The van der Waals surface area contributed by atoms with Gasteiger partial charge in [-0.2, -0.15) is 13.2 Å². The highest BCUT2D eigenvalue weighted by Crippen LogP contribution is 2.23. The van der Waals surface area contributed by atoms with Crippen LogP contribution in [0.15, 0.2) is 18.2 Å². The summed E-state index contributed by atoms with van der Waals surface area (Å²) in [5, 5.41) is 8.90. The summed E-state index contributed by atoms with van der Waals surface area (Å²) in [6.45, 7) is -0.551. The summed E-state index contributed by atoms with van der Waals surface area (Å²) in [6.07, 6.45) is -5.31. The number of halogens is 4. The van der Waals surface area contributed by atoms with Crippen LogP contribution in [0.1, 0.15) is 18.4 Å². The molecule has 0 bridgehead atoms. The van der Waals surface area contributed by atoms with Crippen molar-refractivity contribution in [3.8, 4) is 5.75 Å². The molecule has 0 radical (unpaired) electrons. The number of benzene rings is 1. The van der Waals surface area contributed by atoms with E-state index in [-0.39, 0.29) is 24.3 Å². The summed E-state index contributed by atoms with van der Waals surface area (Å²) >= 11 is 0. The Balaban J connectivity index is 2.46. The van der Waals surface area contributed by atoms with Gasteiger partial charge in [0.05, 0.1) is 13.2 Å². The SMILES string of the molecule is OCc1cc(F)ccc1OCCCC(F)(F)F. The molecule has 0 fully saturated rings. The fourth-order valence-corrected chi connectivity index (χ4v) is 1.27. The average Bonchev–Trinajstić information content (AvgIpc) is 2.24. The van der Waals surface area contributed by atoms with E-state index in [1.54, 1.807) is 0 Å². The highest BCUT2D eigenvalue weighted by molar-refractivity contribution is 5.33. The van der Waals surface area contributed by atoms with Gasteiger partial charge in [-0.15, -0.1) is 0 Å². The zero-order valence-corrected chi connectivity index (χ0v) is 8.93. The van der Waals surface area contributed by atoms with Gasteiger partial charge in [-0.3, -0.25) is 0 Å². The first-order valence-corrected chi connectivity index (χ1v) is 5.01. The Morgan fingerprint density at radius 1 is 1.24 bits per heavy atom. The van der Waals surface area contributed by atoms with Gasteiger partial charge >= 0.3 is 6.18 Å². The van der Waals surface area contributed by atoms with Crippen LogP contribution in [0.4, 0.5) is 17.6 Å². The lowest BCUT2D eigenvalue weighted by molar-refractivity contribution is -0.136. The maximum Gasteiger partial charge on any atom is 0.389 e. The van der Waals surface area contributed by atoms with Gasteiger partial charge in [0.25, 0.3) is 0 Å². The number of alkyl halides is 3. The molecular weight excluding hydrogens is 240 g/mol. The van der Waals surface area contributed by atoms with Gasteiger partial charge < -0.3 is 9.84 Å². The van der Waals surface area contributed by atoms with Crippen LogP contribution in [0.5, 0.6) is 5.75 Å². The van der Waals surface area contributed by atoms with Gasteiger partial charge in [0.1, 0.15) is 11.6 Å². The fourth-order valence-electron chi connectivity index (χ4n) is 1.27. The first-order chi connectivity index (χ1) is 7.92. The van der Waals surface area contributed by atoms with E-state index in [1.807, 2.05) is 0 Å². The lowest BCUT2D eigenvalue weighted by atomic mass is 10.2. The molecule has 0 atom stereocenters. The summed E-state index contributed by atoms with van der Waals surface area (Å²) < 4.78 is 53.3. The predicted molar refractivity (Wildman–Crippen MR) is 53.1 cm³/mol. The molecule has 0 aliphatic carbocycles. The second-order valence-electron chi connectivity index (χ2n) is 3.48. The zero-order chi connectivity index (χ0) is 12.9. The third-order valence-corrected chi connectivity index (χ3v) is 2.06. The van der Waals surface area contributed by atoms with Crippen molar-refractivity contribution >= 4 is 0 Å². The monoisotopic (exact) mass is 252 g/mol. The van der Waals surface area contributed by atoms with Crippen molar-refractivity contribution in [3.63, 3.8) is 0 Å². The highest BCUT2D eigenvalue weighted by atomic mass is 19.4. The van der Waals surface area contributed by atoms with E-state index in [4.69, 9.17) is 9.84 Å². The minimum absolute atomic E-state index is 0.127. The molecule has 96 valence electrons. The van der Waals surface area contributed by atoms with Gasteiger partial charge in [0.2, 0.25) is 0 Å². The van der Waals surface area contributed by atoms with Crippen molar-refractivity contribution < 1.29 is 27.4 Å². The molecule has 2 nitrogen and oxygen atoms in total. The van der Waals surface area contributed by atoms with E-state index in [0.717, 1.165) is 12.1 Å². The fraction of sp³-hybridized carbons (Fsp3) is 0.455. The Morgan fingerprint density at radius 2 is 1.94 bits per heavy atom. The van der Waals surface area contributed by atoms with Crippen molar-refractivity contribution in [3.05, 3.63) is 29.6 Å². The second-order valence-corrected chi connectivity index (χ2v) is 3.48. The lowest BCUT2D eigenvalue weighted by Crippen LogP contribution is -2.10. The Bertz CT molecular complexity index is 363. The molecule has 6 heteroatoms. The molecule has 17 heavy (non-hydrogen) atoms. The molecule has 0 aliphatic heterocycles. The van der Waals surface area contributed by atoms with Crippen LogP contribution in [-0.2, 0) is 6.61 Å². The normalized spacial score (nSPS) is 11.6. The van der Waals surface area contributed by atoms with Crippen molar-refractivity contribution in [2.75, 3.05) is 6.61 Å². The first-order valence-electron chi connectivity index (χ1n) is 5.01. The smallest absolute Gasteiger partial charge is 0.389 e. The van der Waals surface area contributed by atoms with Crippen LogP contribution < -0.4 is 4.74 Å². The first kappa shape index (κ1) is 13.8. The Kier molecular flexibility index (Phi) is 4.74. The van der Waals surface area contributed by atoms with Crippen molar-refractivity contribution in [1.29, 1.82) is 0 Å². The number of aliphatic hydroxyl groups is 1. The van der Waals surface area contributed by atoms with E-state index in [1.165, 1.54) is 6.07 Å². The summed E-state index contributed by atoms with van der Waals surface area (Å²) in [6, 6.07) is 3.49. The lowest BCUT2D eigenvalue weighted by Gasteiger charge is -2.11. The summed E-state index contributed by atoms with van der Waals surface area (Å²) in [7, 11) is 0. The van der Waals surface area contributed by atoms with Gasteiger partial charge in [0.15, 0.2) is 0 Å². The van der Waals surface area contributed by atoms with Crippen molar-refractivity contribution in [1.82, 2.24) is 0 Å². The molecule has 0 heterocycles. The number of rotatable bonds is 5. The van der Waals surface area contributed by atoms with Crippen LogP contribution in [0.3, 0.4) is 0 Å². The van der Waals surface area contributed by atoms with E-state index >= 15 is 0 Å². The Morgan fingerprint density at radius 3 is 2.53 bits per heavy atom. The standard InChI is InChI=1S/C11H12F4O2/c12-9-2-3-10(8(6-9)7-16)17-5-1-4-11(13,14)15/h2-3,6,16H,1,4-5,7H2. The van der Waals surface area contributed by atoms with Crippen LogP contribution >= 0.6 is 0 Å². The molecule has 1 rings (SSSR count). The largest absolute Gasteiger partial charge is 0.493 e. The number of ether oxygens (including phenoxy) is 1. The molecule has 0 aliphatic rings. The third-order valence-electron chi connectivity index (χ3n) is 2.06. The molecule has 1 aromatic carbocycles. The van der Waals surface area contributed by atoms with Crippen LogP contribution in [-0.4, -0.2) is 17.9 Å². The molecule has 1 N–H and O–H groups in total. The highest BCUT2D eigenvalue weighted by Gasteiger charge is 2.26. The molecule has 1 aromatic rings. The Hall–Kier alpha value is -1.30. The van der Waals surface area contributed by atoms with E-state index in [9.17, 15) is 17.6 Å². The summed E-state index contributed by atoms with van der Waals surface area (Å²) in [4.78, 5) is 0. The molecule has 0 amide bonds. The number of aliphatic hydroxyl groups excluding tert-OH is 1. The molecular formula is C11H12F4O2. The molecule has 0 aromatic heterocycles. The minimum atomic E-state index is -4.20. The van der Waals surface area contributed by atoms with Gasteiger partial charge in [0, 0.05) is 12.0 Å². The van der Waals surface area contributed by atoms with E-state index in [0.29, 0.717) is 0 Å². The predicted octanol–water partition coefficient (Wildman–Crippen LogP) is 3.04. The maximum atomic E-state index is 12.8. The number of hydrogen-bond donors (Lipinski definition) is 1. The van der Waals surface area contributed by atoms with Crippen molar-refractivity contribution in [2.24, 2.45) is 0 Å². The quantitative estimate of drug-likeness (QED) is 0.644. The van der Waals surface area contributed by atoms with Gasteiger partial charge in [-0.1, -0.05) is 0 Å². The maximum absolute atomic E-state index is 12.8. The Labute approximate surface area is 95.8 Å². The van der Waals surface area contributed by atoms with Crippen LogP contribution in [0.2, 0.25) is 0 Å². The van der Waals surface area contributed by atoms with E-state index in [2.05, 4.69) is 0 Å². The minimum Gasteiger partial charge on any atom is -0.493 e. The average molecular weight is 252 g/mol. The van der Waals surface area contributed by atoms with Crippen LogP contribution in [0.25, 0.3) is 0 Å². The molecule has 0 spiro atoms. The summed E-state index contributed by atoms with van der Waals surface area (Å²) in [5.41, 5.74) is 0.219. The molecule has 0 saturated heterocycles. The summed E-state index contributed by atoms with van der Waals surface area (Å²) in [5.74, 6) is -0.326. The third kappa shape index (κ3) is 5.04. The van der Waals surface area contributed by atoms with Crippen LogP contribution in [0, 0.1) is 5.82 Å². The van der Waals surface area contributed by atoms with Gasteiger partial charge in [-0.25, -0.2) is 4.39 Å². The van der Waals surface area contributed by atoms with Crippen molar-refractivity contribution in [2.45, 2.75) is 25.6 Å². The van der Waals surface area contributed by atoms with Gasteiger partial charge in [-0.05, 0) is 24.6 Å². The van der Waals surface area contributed by atoms with E-state index < -0.39 is 25.0 Å².